The summed E-state index contributed by atoms with van der Waals surface area (Å²) >= 11 is 0. The molecule has 5 rings (SSSR count). The van der Waals surface area contributed by atoms with Crippen LogP contribution >= 0.6 is 0 Å². The van der Waals surface area contributed by atoms with Gasteiger partial charge in [-0.3, -0.25) is 4.98 Å². The molecule has 3 aromatic heterocycles. The van der Waals surface area contributed by atoms with Crippen molar-refractivity contribution in [1.29, 1.82) is 0 Å². The number of halogens is 1. The van der Waals surface area contributed by atoms with Crippen LogP contribution < -0.4 is 4.74 Å². The Bertz CT molecular complexity index is 1300. The molecule has 3 heterocycles. The number of aromatic nitrogens is 5. The lowest BCUT2D eigenvalue weighted by Crippen LogP contribution is -1.96. The summed E-state index contributed by atoms with van der Waals surface area (Å²) in [4.78, 5) is 8.50. The Hall–Kier alpha value is -4.33. The van der Waals surface area contributed by atoms with Crippen LogP contribution in [0, 0.1) is 5.82 Å². The van der Waals surface area contributed by atoms with Gasteiger partial charge < -0.3 is 9.26 Å². The van der Waals surface area contributed by atoms with Crippen molar-refractivity contribution in [2.45, 2.75) is 6.61 Å². The third kappa shape index (κ3) is 4.04. The van der Waals surface area contributed by atoms with Crippen molar-refractivity contribution in [2.24, 2.45) is 0 Å². The van der Waals surface area contributed by atoms with Crippen LogP contribution in [0.15, 0.2) is 90.0 Å². The number of pyridine rings is 1. The first-order valence-corrected chi connectivity index (χ1v) is 9.52. The first-order chi connectivity index (χ1) is 15.3. The van der Waals surface area contributed by atoms with E-state index in [0.29, 0.717) is 29.6 Å². The second kappa shape index (κ2) is 8.19. The molecule has 8 heteroatoms. The molecule has 152 valence electrons. The highest BCUT2D eigenvalue weighted by atomic mass is 19.1. The molecule has 7 nitrogen and oxygen atoms in total. The molecule has 5 aromatic rings. The van der Waals surface area contributed by atoms with E-state index in [0.717, 1.165) is 16.9 Å². The molecule has 31 heavy (non-hydrogen) atoms. The average Bonchev–Trinajstić information content (AvgIpc) is 3.49. The predicted octanol–water partition coefficient (Wildman–Crippen LogP) is 4.70. The van der Waals surface area contributed by atoms with Gasteiger partial charge in [0.2, 0.25) is 5.82 Å². The van der Waals surface area contributed by atoms with E-state index >= 15 is 0 Å². The fourth-order valence-corrected chi connectivity index (χ4v) is 3.01. The van der Waals surface area contributed by atoms with Crippen molar-refractivity contribution < 1.29 is 13.7 Å². The van der Waals surface area contributed by atoms with Crippen molar-refractivity contribution in [3.63, 3.8) is 0 Å². The lowest BCUT2D eigenvalue weighted by Gasteiger charge is -2.06. The quantitative estimate of drug-likeness (QED) is 0.401. The Labute approximate surface area is 176 Å². The third-order valence-electron chi connectivity index (χ3n) is 4.60. The molecule has 0 atom stereocenters. The zero-order valence-corrected chi connectivity index (χ0v) is 16.2. The molecule has 0 saturated carbocycles. The number of nitrogens with zero attached hydrogens (tertiary/aromatic N) is 5. The summed E-state index contributed by atoms with van der Waals surface area (Å²) in [5, 5.41) is 8.23. The summed E-state index contributed by atoms with van der Waals surface area (Å²) in [5.41, 5.74) is 2.71. The SMILES string of the molecule is Fc1ccccc1-n1cc(-c2nc(-c3ccc(OCc4cccnc4)cc3)no2)cn1. The van der Waals surface area contributed by atoms with Crippen LogP contribution in [0.5, 0.6) is 5.75 Å². The summed E-state index contributed by atoms with van der Waals surface area (Å²) in [6, 6.07) is 17.6. The van der Waals surface area contributed by atoms with Crippen molar-refractivity contribution in [2.75, 3.05) is 0 Å². The van der Waals surface area contributed by atoms with Crippen molar-refractivity contribution >= 4 is 0 Å². The van der Waals surface area contributed by atoms with Gasteiger partial charge in [-0.25, -0.2) is 9.07 Å². The van der Waals surface area contributed by atoms with E-state index < -0.39 is 0 Å². The molecule has 0 unspecified atom stereocenters. The Morgan fingerprint density at radius 1 is 0.935 bits per heavy atom. The van der Waals surface area contributed by atoms with E-state index in [1.54, 1.807) is 43.0 Å². The first kappa shape index (κ1) is 18.7. The van der Waals surface area contributed by atoms with Crippen LogP contribution in [0.4, 0.5) is 4.39 Å². The van der Waals surface area contributed by atoms with Crippen molar-refractivity contribution in [3.8, 4) is 34.3 Å². The van der Waals surface area contributed by atoms with Crippen LogP contribution in [-0.2, 0) is 6.61 Å². The minimum absolute atomic E-state index is 0.300. The highest BCUT2D eigenvalue weighted by Crippen LogP contribution is 2.25. The maximum atomic E-state index is 14.0. The van der Waals surface area contributed by atoms with E-state index in [9.17, 15) is 4.39 Å². The van der Waals surface area contributed by atoms with Gasteiger partial charge in [-0.15, -0.1) is 0 Å². The van der Waals surface area contributed by atoms with Crippen LogP contribution in [0.25, 0.3) is 28.5 Å². The molecule has 0 N–H and O–H groups in total. The fraction of sp³-hybridized carbons (Fsp3) is 0.0435. The van der Waals surface area contributed by atoms with Crippen LogP contribution in [0.3, 0.4) is 0 Å². The normalized spacial score (nSPS) is 10.9. The van der Waals surface area contributed by atoms with E-state index in [2.05, 4.69) is 20.2 Å². The van der Waals surface area contributed by atoms with E-state index in [-0.39, 0.29) is 5.82 Å². The molecule has 0 aliphatic carbocycles. The lowest BCUT2D eigenvalue weighted by molar-refractivity contribution is 0.306. The maximum absolute atomic E-state index is 14.0. The number of benzene rings is 2. The number of rotatable bonds is 6. The molecule has 0 saturated heterocycles. The smallest absolute Gasteiger partial charge is 0.261 e. The molecule has 0 radical (unpaired) electrons. The monoisotopic (exact) mass is 413 g/mol. The zero-order chi connectivity index (χ0) is 21.0. The molecule has 0 aliphatic rings. The molecule has 0 spiro atoms. The zero-order valence-electron chi connectivity index (χ0n) is 16.2. The van der Waals surface area contributed by atoms with Gasteiger partial charge in [-0.05, 0) is 42.5 Å². The van der Waals surface area contributed by atoms with E-state index in [1.807, 2.05) is 36.4 Å². The summed E-state index contributed by atoms with van der Waals surface area (Å²) in [6.07, 6.45) is 6.69. The molecule has 2 aromatic carbocycles. The van der Waals surface area contributed by atoms with Gasteiger partial charge in [0, 0.05) is 29.7 Å². The molecule has 0 fully saturated rings. The number of para-hydroxylation sites is 1. The molecular weight excluding hydrogens is 397 g/mol. The highest BCUT2D eigenvalue weighted by molar-refractivity contribution is 5.60. The topological polar surface area (TPSA) is 78.9 Å². The largest absolute Gasteiger partial charge is 0.489 e. The van der Waals surface area contributed by atoms with Crippen LogP contribution in [-0.4, -0.2) is 24.9 Å². The standard InChI is InChI=1S/C23H16FN5O2/c24-20-5-1-2-6-21(20)29-14-18(13-26-29)23-27-22(28-31-23)17-7-9-19(10-8-17)30-15-16-4-3-11-25-12-16/h1-14H,15H2. The Morgan fingerprint density at radius 3 is 2.61 bits per heavy atom. The van der Waals surface area contributed by atoms with Crippen LogP contribution in [0.2, 0.25) is 0 Å². The fourth-order valence-electron chi connectivity index (χ4n) is 3.01. The molecule has 0 aliphatic heterocycles. The second-order valence-electron chi connectivity index (χ2n) is 6.72. The van der Waals surface area contributed by atoms with Gasteiger partial charge in [0.25, 0.3) is 5.89 Å². The van der Waals surface area contributed by atoms with Crippen molar-refractivity contribution in [3.05, 3.63) is 96.8 Å². The lowest BCUT2D eigenvalue weighted by atomic mass is 10.2. The predicted molar refractivity (Wildman–Crippen MR) is 111 cm³/mol. The molecule has 0 amide bonds. The summed E-state index contributed by atoms with van der Waals surface area (Å²) in [7, 11) is 0. The molecule has 0 bridgehead atoms. The highest BCUT2D eigenvalue weighted by Gasteiger charge is 2.14. The maximum Gasteiger partial charge on any atom is 0.261 e. The van der Waals surface area contributed by atoms with E-state index in [4.69, 9.17) is 9.26 Å². The Balaban J connectivity index is 1.30. The minimum atomic E-state index is -0.366. The summed E-state index contributed by atoms with van der Waals surface area (Å²) in [6.45, 7) is 0.436. The van der Waals surface area contributed by atoms with Gasteiger partial charge in [-0.1, -0.05) is 23.4 Å². The molecular formula is C23H16FN5O2. The van der Waals surface area contributed by atoms with Gasteiger partial charge in [-0.2, -0.15) is 10.1 Å². The average molecular weight is 413 g/mol. The number of ether oxygens (including phenoxy) is 1. The van der Waals surface area contributed by atoms with Crippen molar-refractivity contribution in [1.82, 2.24) is 24.9 Å². The van der Waals surface area contributed by atoms with Crippen LogP contribution in [0.1, 0.15) is 5.56 Å². The van der Waals surface area contributed by atoms with Gasteiger partial charge in [0.1, 0.15) is 23.9 Å². The second-order valence-corrected chi connectivity index (χ2v) is 6.72. The number of hydrogen-bond donors (Lipinski definition) is 0. The first-order valence-electron chi connectivity index (χ1n) is 9.52. The van der Waals surface area contributed by atoms with Gasteiger partial charge in [0.15, 0.2) is 0 Å². The van der Waals surface area contributed by atoms with Gasteiger partial charge in [0.05, 0.1) is 11.8 Å². The summed E-state index contributed by atoms with van der Waals surface area (Å²) < 4.78 is 26.5. The third-order valence-corrected chi connectivity index (χ3v) is 4.60. The summed E-state index contributed by atoms with van der Waals surface area (Å²) in [5.74, 6) is 1.10. The van der Waals surface area contributed by atoms with Gasteiger partial charge >= 0.3 is 0 Å². The Kier molecular flexibility index (Phi) is 4.94. The minimum Gasteiger partial charge on any atom is -0.489 e. The Morgan fingerprint density at radius 2 is 1.81 bits per heavy atom. The number of hydrogen-bond acceptors (Lipinski definition) is 6. The van der Waals surface area contributed by atoms with E-state index in [1.165, 1.54) is 10.7 Å².